The van der Waals surface area contributed by atoms with Crippen LogP contribution in [0.1, 0.15) is 12.8 Å². The Bertz CT molecular complexity index is 387. The molecule has 2 fully saturated rings. The molecule has 0 spiro atoms. The average molecular weight is 262 g/mol. The molecule has 0 aromatic rings. The molecule has 1 heterocycles. The second-order valence-electron chi connectivity index (χ2n) is 4.40. The van der Waals surface area contributed by atoms with Crippen LogP contribution in [0.4, 0.5) is 0 Å². The Kier molecular flexibility index (Phi) is 3.67. The summed E-state index contributed by atoms with van der Waals surface area (Å²) >= 11 is 0. The van der Waals surface area contributed by atoms with Gasteiger partial charge in [-0.05, 0) is 18.8 Å². The topological polar surface area (TPSA) is 109 Å². The lowest BCUT2D eigenvalue weighted by atomic mass is 10.2. The number of morpholine rings is 1. The van der Waals surface area contributed by atoms with Gasteiger partial charge in [0.1, 0.15) is 5.84 Å². The van der Waals surface area contributed by atoms with Crippen LogP contribution in [0.2, 0.25) is 0 Å². The summed E-state index contributed by atoms with van der Waals surface area (Å²) in [4.78, 5) is 0. The quantitative estimate of drug-likeness (QED) is 0.430. The van der Waals surface area contributed by atoms with Gasteiger partial charge in [-0.3, -0.25) is 5.41 Å². The van der Waals surface area contributed by atoms with E-state index in [0.29, 0.717) is 26.3 Å². The van der Waals surface area contributed by atoms with Crippen molar-refractivity contribution in [1.82, 2.24) is 9.03 Å². The van der Waals surface area contributed by atoms with Gasteiger partial charge in [-0.1, -0.05) is 0 Å². The Morgan fingerprint density at radius 3 is 2.47 bits per heavy atom. The highest BCUT2D eigenvalue weighted by atomic mass is 32.2. The van der Waals surface area contributed by atoms with Gasteiger partial charge in [-0.25, -0.2) is 0 Å². The van der Waals surface area contributed by atoms with Crippen LogP contribution < -0.4 is 10.5 Å². The van der Waals surface area contributed by atoms with Crippen LogP contribution in [0.3, 0.4) is 0 Å². The van der Waals surface area contributed by atoms with Crippen LogP contribution in [0.5, 0.6) is 0 Å². The Balaban J connectivity index is 2.01. The molecule has 8 heteroatoms. The predicted octanol–water partition coefficient (Wildman–Crippen LogP) is -1.13. The lowest BCUT2D eigenvalue weighted by Gasteiger charge is -2.28. The Hall–Kier alpha value is -0.700. The second kappa shape index (κ2) is 4.89. The fourth-order valence-electron chi connectivity index (χ4n) is 1.87. The highest BCUT2D eigenvalue weighted by Crippen LogP contribution is 2.33. The zero-order valence-electron chi connectivity index (χ0n) is 9.55. The number of hydrogen-bond acceptors (Lipinski definition) is 4. The molecule has 7 nitrogen and oxygen atoms in total. The predicted molar refractivity (Wildman–Crippen MR) is 62.9 cm³/mol. The molecule has 0 aromatic carbocycles. The van der Waals surface area contributed by atoms with Gasteiger partial charge in [-0.15, -0.1) is 0 Å². The van der Waals surface area contributed by atoms with Gasteiger partial charge in [0.2, 0.25) is 0 Å². The minimum atomic E-state index is -3.55. The van der Waals surface area contributed by atoms with Crippen molar-refractivity contribution >= 4 is 16.0 Å². The van der Waals surface area contributed by atoms with E-state index in [4.69, 9.17) is 15.9 Å². The van der Waals surface area contributed by atoms with Gasteiger partial charge in [0.15, 0.2) is 0 Å². The molecule has 1 aliphatic carbocycles. The molecular weight excluding hydrogens is 244 g/mol. The highest BCUT2D eigenvalue weighted by molar-refractivity contribution is 7.87. The summed E-state index contributed by atoms with van der Waals surface area (Å²) < 4.78 is 33.0. The first kappa shape index (κ1) is 12.7. The van der Waals surface area contributed by atoms with E-state index in [9.17, 15) is 8.42 Å². The molecular formula is C9H18N4O3S. The normalized spacial score (nSPS) is 24.5. The molecule has 0 radical (unpaired) electrons. The molecule has 1 saturated heterocycles. The molecule has 2 aliphatic rings. The molecule has 1 unspecified atom stereocenters. The van der Waals surface area contributed by atoms with Crippen LogP contribution in [-0.2, 0) is 14.9 Å². The number of amidine groups is 1. The van der Waals surface area contributed by atoms with E-state index in [1.54, 1.807) is 0 Å². The van der Waals surface area contributed by atoms with Crippen molar-refractivity contribution in [3.8, 4) is 0 Å². The summed E-state index contributed by atoms with van der Waals surface area (Å²) in [6, 6.07) is -0.553. The Morgan fingerprint density at radius 2 is 2.00 bits per heavy atom. The van der Waals surface area contributed by atoms with Gasteiger partial charge in [0.25, 0.3) is 10.2 Å². The van der Waals surface area contributed by atoms with E-state index in [1.165, 1.54) is 4.31 Å². The molecule has 0 bridgehead atoms. The standard InChI is InChI=1S/C9H18N4O3S/c10-9(11)8(7-1-2-7)12-17(14,15)13-3-5-16-6-4-13/h7-8,12H,1-6H2,(H3,10,11). The molecule has 1 atom stereocenters. The number of nitrogens with zero attached hydrogens (tertiary/aromatic N) is 1. The zero-order valence-corrected chi connectivity index (χ0v) is 10.4. The van der Waals surface area contributed by atoms with Gasteiger partial charge < -0.3 is 10.5 Å². The van der Waals surface area contributed by atoms with Crippen molar-refractivity contribution < 1.29 is 13.2 Å². The average Bonchev–Trinajstić information content (AvgIpc) is 3.11. The molecule has 98 valence electrons. The van der Waals surface area contributed by atoms with E-state index in [1.807, 2.05) is 0 Å². The third-order valence-corrected chi connectivity index (χ3v) is 4.61. The van der Waals surface area contributed by atoms with Crippen LogP contribution in [0.25, 0.3) is 0 Å². The molecule has 0 aromatic heterocycles. The van der Waals surface area contributed by atoms with Crippen molar-refractivity contribution in [2.24, 2.45) is 11.7 Å². The van der Waals surface area contributed by atoms with E-state index in [0.717, 1.165) is 12.8 Å². The maximum atomic E-state index is 12.0. The SMILES string of the molecule is N=C(N)C(NS(=O)(=O)N1CCOCC1)C1CC1. The Morgan fingerprint density at radius 1 is 1.41 bits per heavy atom. The summed E-state index contributed by atoms with van der Waals surface area (Å²) in [5.74, 6) is 0.0765. The minimum absolute atomic E-state index is 0.107. The summed E-state index contributed by atoms with van der Waals surface area (Å²) in [5.41, 5.74) is 5.43. The third kappa shape index (κ3) is 3.15. The highest BCUT2D eigenvalue weighted by Gasteiger charge is 2.37. The van der Waals surface area contributed by atoms with Crippen LogP contribution in [0, 0.1) is 11.3 Å². The van der Waals surface area contributed by atoms with E-state index < -0.39 is 16.3 Å². The van der Waals surface area contributed by atoms with Gasteiger partial charge >= 0.3 is 0 Å². The maximum Gasteiger partial charge on any atom is 0.280 e. The van der Waals surface area contributed by atoms with E-state index in [2.05, 4.69) is 4.72 Å². The first-order chi connectivity index (χ1) is 8.00. The number of hydrogen-bond donors (Lipinski definition) is 3. The van der Waals surface area contributed by atoms with Crippen molar-refractivity contribution in [3.63, 3.8) is 0 Å². The molecule has 0 amide bonds. The van der Waals surface area contributed by atoms with Gasteiger partial charge in [-0.2, -0.15) is 17.4 Å². The lowest BCUT2D eigenvalue weighted by molar-refractivity contribution is 0.0724. The van der Waals surface area contributed by atoms with Crippen molar-refractivity contribution in [3.05, 3.63) is 0 Å². The first-order valence-electron chi connectivity index (χ1n) is 5.70. The molecule has 1 aliphatic heterocycles. The number of nitrogens with two attached hydrogens (primary N) is 1. The number of ether oxygens (including phenoxy) is 1. The number of rotatable bonds is 5. The minimum Gasteiger partial charge on any atom is -0.386 e. The fourth-order valence-corrected chi connectivity index (χ4v) is 3.28. The lowest BCUT2D eigenvalue weighted by Crippen LogP contribution is -2.53. The van der Waals surface area contributed by atoms with Crippen LogP contribution >= 0.6 is 0 Å². The van der Waals surface area contributed by atoms with Crippen molar-refractivity contribution in [2.75, 3.05) is 26.3 Å². The second-order valence-corrected chi connectivity index (χ2v) is 6.11. The maximum absolute atomic E-state index is 12.0. The van der Waals surface area contributed by atoms with Gasteiger partial charge in [0, 0.05) is 13.1 Å². The van der Waals surface area contributed by atoms with Crippen LogP contribution in [-0.4, -0.2) is 50.9 Å². The summed E-state index contributed by atoms with van der Waals surface area (Å²) in [7, 11) is -3.55. The fraction of sp³-hybridized carbons (Fsp3) is 0.889. The molecule has 1 saturated carbocycles. The summed E-state index contributed by atoms with van der Waals surface area (Å²) in [5, 5.41) is 7.42. The van der Waals surface area contributed by atoms with Gasteiger partial charge in [0.05, 0.1) is 19.3 Å². The summed E-state index contributed by atoms with van der Waals surface area (Å²) in [6.45, 7) is 1.53. The molecule has 2 rings (SSSR count). The third-order valence-electron chi connectivity index (χ3n) is 3.01. The largest absolute Gasteiger partial charge is 0.386 e. The molecule has 17 heavy (non-hydrogen) atoms. The van der Waals surface area contributed by atoms with Crippen molar-refractivity contribution in [1.29, 1.82) is 5.41 Å². The monoisotopic (exact) mass is 262 g/mol. The van der Waals surface area contributed by atoms with E-state index in [-0.39, 0.29) is 11.8 Å². The van der Waals surface area contributed by atoms with E-state index >= 15 is 0 Å². The summed E-state index contributed by atoms with van der Waals surface area (Å²) in [6.07, 6.45) is 1.85. The van der Waals surface area contributed by atoms with Crippen LogP contribution in [0.15, 0.2) is 0 Å². The zero-order chi connectivity index (χ0) is 12.5. The first-order valence-corrected chi connectivity index (χ1v) is 7.14. The van der Waals surface area contributed by atoms with Crippen molar-refractivity contribution in [2.45, 2.75) is 18.9 Å². The Labute approximate surface area is 101 Å². The smallest absolute Gasteiger partial charge is 0.280 e. The number of nitrogens with one attached hydrogen (secondary N) is 2. The molecule has 4 N–H and O–H groups in total.